The zero-order chi connectivity index (χ0) is 27.2. The maximum absolute atomic E-state index is 13.9. The molecule has 38 heavy (non-hydrogen) atoms. The van der Waals surface area contributed by atoms with Gasteiger partial charge in [0.15, 0.2) is 0 Å². The van der Waals surface area contributed by atoms with E-state index in [9.17, 15) is 22.8 Å². The van der Waals surface area contributed by atoms with E-state index < -0.39 is 35.0 Å². The predicted molar refractivity (Wildman–Crippen MR) is 140 cm³/mol. The lowest BCUT2D eigenvalue weighted by molar-refractivity contribution is -0.138. The molecule has 2 aromatic rings. The molecular formula is C28H30Cl2F3N3O2. The number of halogens is 5. The molecule has 204 valence electrons. The molecule has 4 aliphatic rings. The van der Waals surface area contributed by atoms with Crippen molar-refractivity contribution in [3.05, 3.63) is 68.7 Å². The van der Waals surface area contributed by atoms with Crippen LogP contribution in [0.2, 0.25) is 10.0 Å². The number of piperidine rings is 3. The molecular weight excluding hydrogens is 538 g/mol. The minimum Gasteiger partial charge on any atom is -0.350 e. The van der Waals surface area contributed by atoms with E-state index in [0.717, 1.165) is 32.0 Å². The maximum atomic E-state index is 13.9. The SMILES string of the molecule is Cc1ccc(C[C@H](NC(=O)C2(c3ccc(Cl)cc3Cl)CC2)C(=O)NC2CN3CCC2CC3)c(C(F)(F)F)c1. The van der Waals surface area contributed by atoms with Gasteiger partial charge in [-0.1, -0.05) is 47.0 Å². The lowest BCUT2D eigenvalue weighted by Crippen LogP contribution is -2.60. The van der Waals surface area contributed by atoms with Crippen molar-refractivity contribution < 1.29 is 22.8 Å². The Morgan fingerprint density at radius 3 is 2.39 bits per heavy atom. The Morgan fingerprint density at radius 2 is 1.82 bits per heavy atom. The molecule has 1 saturated carbocycles. The number of benzene rings is 2. The Bertz CT molecular complexity index is 1240. The van der Waals surface area contributed by atoms with Gasteiger partial charge in [0.05, 0.1) is 11.0 Å². The van der Waals surface area contributed by atoms with Crippen molar-refractivity contribution in [3.63, 3.8) is 0 Å². The molecule has 2 N–H and O–H groups in total. The van der Waals surface area contributed by atoms with Crippen molar-refractivity contribution in [2.75, 3.05) is 19.6 Å². The summed E-state index contributed by atoms with van der Waals surface area (Å²) in [6.07, 6.45) is -1.89. The molecule has 2 atom stereocenters. The van der Waals surface area contributed by atoms with E-state index in [2.05, 4.69) is 15.5 Å². The normalized spacial score (nSPS) is 24.5. The molecule has 1 unspecified atom stereocenters. The number of carbonyl (C=O) groups excluding carboxylic acids is 2. The van der Waals surface area contributed by atoms with E-state index in [1.165, 1.54) is 6.07 Å². The smallest absolute Gasteiger partial charge is 0.350 e. The summed E-state index contributed by atoms with van der Waals surface area (Å²) >= 11 is 12.4. The Balaban J connectivity index is 1.42. The number of aryl methyl sites for hydroxylation is 1. The van der Waals surface area contributed by atoms with Gasteiger partial charge >= 0.3 is 6.18 Å². The molecule has 4 fully saturated rings. The number of hydrogen-bond donors (Lipinski definition) is 2. The van der Waals surface area contributed by atoms with E-state index in [-0.39, 0.29) is 18.0 Å². The van der Waals surface area contributed by atoms with Crippen LogP contribution in [0.4, 0.5) is 13.2 Å². The van der Waals surface area contributed by atoms with Crippen molar-refractivity contribution in [2.24, 2.45) is 5.92 Å². The highest BCUT2D eigenvalue weighted by atomic mass is 35.5. The predicted octanol–water partition coefficient (Wildman–Crippen LogP) is 5.29. The molecule has 0 radical (unpaired) electrons. The van der Waals surface area contributed by atoms with Crippen LogP contribution in [0, 0.1) is 12.8 Å². The summed E-state index contributed by atoms with van der Waals surface area (Å²) in [4.78, 5) is 29.5. The van der Waals surface area contributed by atoms with Crippen molar-refractivity contribution in [1.82, 2.24) is 15.5 Å². The number of nitrogens with one attached hydrogen (secondary N) is 2. The number of amides is 2. The van der Waals surface area contributed by atoms with Crippen LogP contribution in [-0.2, 0) is 27.6 Å². The molecule has 1 aliphatic carbocycles. The first-order chi connectivity index (χ1) is 18.0. The number of hydrogen-bond acceptors (Lipinski definition) is 3. The summed E-state index contributed by atoms with van der Waals surface area (Å²) in [5.41, 5.74) is -0.701. The highest BCUT2D eigenvalue weighted by molar-refractivity contribution is 6.35. The molecule has 0 aromatic heterocycles. The Hall–Kier alpha value is -2.29. The summed E-state index contributed by atoms with van der Waals surface area (Å²) in [6, 6.07) is 7.69. The zero-order valence-corrected chi connectivity index (χ0v) is 22.5. The van der Waals surface area contributed by atoms with Gasteiger partial charge in [0.2, 0.25) is 11.8 Å². The summed E-state index contributed by atoms with van der Waals surface area (Å²) in [5.74, 6) is -0.562. The molecule has 3 saturated heterocycles. The lowest BCUT2D eigenvalue weighted by Gasteiger charge is -2.45. The molecule has 6 rings (SSSR count). The molecule has 2 bridgehead atoms. The van der Waals surface area contributed by atoms with Crippen molar-refractivity contribution in [1.29, 1.82) is 0 Å². The molecule has 10 heteroatoms. The highest BCUT2D eigenvalue weighted by Crippen LogP contribution is 2.51. The van der Waals surface area contributed by atoms with Crippen molar-refractivity contribution in [2.45, 2.75) is 62.7 Å². The topological polar surface area (TPSA) is 61.4 Å². The Morgan fingerprint density at radius 1 is 1.11 bits per heavy atom. The van der Waals surface area contributed by atoms with Crippen LogP contribution in [0.3, 0.4) is 0 Å². The van der Waals surface area contributed by atoms with Gasteiger partial charge in [0, 0.05) is 29.1 Å². The van der Waals surface area contributed by atoms with Crippen LogP contribution in [0.5, 0.6) is 0 Å². The standard InChI is InChI=1S/C28H30Cl2F3N3O2/c1-16-2-3-18(21(12-16)28(31,32)33)13-23(25(37)34-24-15-36-10-6-17(24)7-11-36)35-26(38)27(8-9-27)20-5-4-19(29)14-22(20)30/h2-5,12,14,17,23-24H,6-11,13,15H2,1H3,(H,34,37)(H,35,38)/t23-,24?/m0/s1. The lowest BCUT2D eigenvalue weighted by atomic mass is 9.84. The monoisotopic (exact) mass is 567 g/mol. The Labute approximate surface area is 230 Å². The average molecular weight is 568 g/mol. The summed E-state index contributed by atoms with van der Waals surface area (Å²) < 4.78 is 41.7. The number of nitrogens with zero attached hydrogens (tertiary/aromatic N) is 1. The second-order valence-electron chi connectivity index (χ2n) is 10.8. The quantitative estimate of drug-likeness (QED) is 0.478. The second kappa shape index (κ2) is 10.4. The van der Waals surface area contributed by atoms with Crippen LogP contribution in [0.15, 0.2) is 36.4 Å². The molecule has 5 nitrogen and oxygen atoms in total. The second-order valence-corrected chi connectivity index (χ2v) is 11.7. The molecule has 3 aliphatic heterocycles. The van der Waals surface area contributed by atoms with Gasteiger partial charge in [0.1, 0.15) is 6.04 Å². The van der Waals surface area contributed by atoms with Crippen LogP contribution < -0.4 is 10.6 Å². The minimum absolute atomic E-state index is 0.0353. The van der Waals surface area contributed by atoms with Gasteiger partial charge in [-0.3, -0.25) is 9.59 Å². The van der Waals surface area contributed by atoms with Gasteiger partial charge in [-0.25, -0.2) is 0 Å². The van der Waals surface area contributed by atoms with E-state index in [4.69, 9.17) is 23.2 Å². The summed E-state index contributed by atoms with van der Waals surface area (Å²) in [5, 5.41) is 6.65. The Kier molecular flexibility index (Phi) is 7.44. The minimum atomic E-state index is -4.59. The largest absolute Gasteiger partial charge is 0.416 e. The number of alkyl halides is 3. The summed E-state index contributed by atoms with van der Waals surface area (Å²) in [7, 11) is 0. The fourth-order valence-electron chi connectivity index (χ4n) is 5.89. The number of carbonyl (C=O) groups is 2. The van der Waals surface area contributed by atoms with Gasteiger partial charge < -0.3 is 15.5 Å². The third-order valence-corrected chi connectivity index (χ3v) is 8.78. The first-order valence-corrected chi connectivity index (χ1v) is 13.7. The van der Waals surface area contributed by atoms with E-state index in [0.29, 0.717) is 46.5 Å². The number of rotatable bonds is 7. The van der Waals surface area contributed by atoms with Crippen LogP contribution >= 0.6 is 23.2 Å². The fraction of sp³-hybridized carbons (Fsp3) is 0.500. The van der Waals surface area contributed by atoms with Crippen LogP contribution in [-0.4, -0.2) is 48.4 Å². The average Bonchev–Trinajstić information content (AvgIpc) is 3.66. The third-order valence-electron chi connectivity index (χ3n) is 8.23. The third kappa shape index (κ3) is 5.54. The first kappa shape index (κ1) is 27.3. The van der Waals surface area contributed by atoms with Gasteiger partial charge in [-0.05, 0) is 80.9 Å². The zero-order valence-electron chi connectivity index (χ0n) is 21.0. The van der Waals surface area contributed by atoms with Crippen molar-refractivity contribution in [3.8, 4) is 0 Å². The maximum Gasteiger partial charge on any atom is 0.416 e. The fourth-order valence-corrected chi connectivity index (χ4v) is 6.48. The van der Waals surface area contributed by atoms with E-state index >= 15 is 0 Å². The van der Waals surface area contributed by atoms with Gasteiger partial charge in [0.25, 0.3) is 0 Å². The molecule has 0 spiro atoms. The van der Waals surface area contributed by atoms with Gasteiger partial charge in [-0.2, -0.15) is 13.2 Å². The van der Waals surface area contributed by atoms with Crippen molar-refractivity contribution >= 4 is 35.0 Å². The van der Waals surface area contributed by atoms with E-state index in [1.807, 2.05) is 0 Å². The first-order valence-electron chi connectivity index (χ1n) is 12.9. The molecule has 3 heterocycles. The van der Waals surface area contributed by atoms with Crippen LogP contribution in [0.25, 0.3) is 0 Å². The molecule has 2 aromatic carbocycles. The number of fused-ring (bicyclic) bond motifs is 3. The summed E-state index contributed by atoms with van der Waals surface area (Å²) in [6.45, 7) is 4.27. The van der Waals surface area contributed by atoms with Crippen LogP contribution in [0.1, 0.15) is 47.9 Å². The van der Waals surface area contributed by atoms with E-state index in [1.54, 1.807) is 31.2 Å². The highest BCUT2D eigenvalue weighted by Gasteiger charge is 2.53. The van der Waals surface area contributed by atoms with Gasteiger partial charge in [-0.15, -0.1) is 0 Å². The molecule has 2 amide bonds.